The molecule has 3 aliphatic heterocycles. The molecule has 2 saturated heterocycles. The van der Waals surface area contributed by atoms with Crippen LogP contribution >= 0.6 is 12.4 Å². The van der Waals surface area contributed by atoms with Crippen LogP contribution in [0.3, 0.4) is 0 Å². The third-order valence-electron chi connectivity index (χ3n) is 12.9. The van der Waals surface area contributed by atoms with Crippen molar-refractivity contribution < 1.29 is 58.2 Å². The third-order valence-corrected chi connectivity index (χ3v) is 12.9. The Morgan fingerprint density at radius 2 is 1.59 bits per heavy atom. The van der Waals surface area contributed by atoms with Crippen molar-refractivity contribution in [2.45, 2.75) is 160 Å². The van der Waals surface area contributed by atoms with Crippen LogP contribution in [0.25, 0.3) is 0 Å². The zero-order chi connectivity index (χ0) is 42.2. The van der Waals surface area contributed by atoms with Crippen molar-refractivity contribution in [3.8, 4) is 0 Å². The molecule has 4 aliphatic rings. The number of Topliss-reactive ketones (excluding diaryl/α,β-unsaturated/α-hetero) is 2. The molecule has 0 aromatic heterocycles. The van der Waals surface area contributed by atoms with Crippen LogP contribution in [0.2, 0.25) is 0 Å². The zero-order valence-electron chi connectivity index (χ0n) is 35.8. The highest BCUT2D eigenvalue weighted by Crippen LogP contribution is 2.39. The van der Waals surface area contributed by atoms with Gasteiger partial charge < -0.3 is 43.9 Å². The molecule has 3 fully saturated rings. The molecule has 3 N–H and O–H groups in total. The Morgan fingerprint density at radius 1 is 0.931 bits per heavy atom. The van der Waals surface area contributed by atoms with Gasteiger partial charge in [-0.15, -0.1) is 19.0 Å². The Bertz CT molecular complexity index is 1490. The van der Waals surface area contributed by atoms with Crippen molar-refractivity contribution in [2.24, 2.45) is 29.6 Å². The van der Waals surface area contributed by atoms with Crippen LogP contribution in [0.4, 0.5) is 0 Å². The minimum absolute atomic E-state index is 0. The Kier molecular flexibility index (Phi) is 19.2. The second-order valence-corrected chi connectivity index (χ2v) is 17.3. The zero-order valence-corrected chi connectivity index (χ0v) is 36.6. The van der Waals surface area contributed by atoms with Crippen molar-refractivity contribution in [2.75, 3.05) is 27.9 Å². The summed E-state index contributed by atoms with van der Waals surface area (Å²) in [4.78, 5) is 57.8. The molecule has 4 rings (SSSR count). The normalized spacial score (nSPS) is 40.3. The van der Waals surface area contributed by atoms with Crippen LogP contribution in [0.1, 0.15) is 105 Å². The first-order chi connectivity index (χ1) is 27.0. The van der Waals surface area contributed by atoms with Gasteiger partial charge in [0.25, 0.3) is 11.7 Å². The van der Waals surface area contributed by atoms with Crippen LogP contribution < -0.4 is 0 Å². The number of aliphatic hydroxyl groups is 3. The quantitative estimate of drug-likeness (QED) is 0.177. The van der Waals surface area contributed by atoms with Gasteiger partial charge in [-0.1, -0.05) is 44.6 Å². The number of methoxy groups -OCH3 is 3. The average Bonchev–Trinajstić information content (AvgIpc) is 3.18. The molecule has 0 aromatic carbocycles. The molecule has 1 unspecified atom stereocenters. The minimum atomic E-state index is -2.51. The van der Waals surface area contributed by atoms with E-state index in [1.807, 2.05) is 32.9 Å². The SMILES string of the molecule is C=CC[C@@H]1/C=C(\C)C[C@H](C)C[C@H](OC)[C@H]2O[C@@](O)(C(=O)C(=O)N3CCCC[C@H]3C(=O)O[C@H](/C(C)=C/C3CC[C@@H](O)[C@H](OC)C3)[C@H](C)[C@@H](O)CC1=O)[C@H](C)C[C@@H]2OC.Cl. The molecule has 2 bridgehead atoms. The van der Waals surface area contributed by atoms with Crippen molar-refractivity contribution in [1.82, 2.24) is 4.90 Å². The van der Waals surface area contributed by atoms with Crippen LogP contribution in [-0.4, -0.2) is 126 Å². The molecule has 330 valence electrons. The lowest BCUT2D eigenvalue weighted by Crippen LogP contribution is -2.64. The van der Waals surface area contributed by atoms with E-state index in [0.29, 0.717) is 56.9 Å². The van der Waals surface area contributed by atoms with E-state index in [9.17, 15) is 34.5 Å². The fourth-order valence-corrected chi connectivity index (χ4v) is 9.42. The number of halogens is 1. The van der Waals surface area contributed by atoms with E-state index in [1.54, 1.807) is 27.0 Å². The number of fused-ring (bicyclic) bond motifs is 3. The van der Waals surface area contributed by atoms with Gasteiger partial charge in [0.05, 0.1) is 30.5 Å². The summed E-state index contributed by atoms with van der Waals surface area (Å²) in [5.74, 6) is -7.76. The summed E-state index contributed by atoms with van der Waals surface area (Å²) in [6, 6.07) is -1.14. The first-order valence-corrected chi connectivity index (χ1v) is 20.9. The van der Waals surface area contributed by atoms with Crippen molar-refractivity contribution in [3.05, 3.63) is 36.0 Å². The minimum Gasteiger partial charge on any atom is -0.456 e. The van der Waals surface area contributed by atoms with E-state index in [-0.39, 0.29) is 61.9 Å². The summed E-state index contributed by atoms with van der Waals surface area (Å²) in [6.07, 6.45) is 4.93. The number of hydrogen-bond acceptors (Lipinski definition) is 12. The first kappa shape index (κ1) is 49.9. The number of allylic oxidation sites excluding steroid dienone is 4. The summed E-state index contributed by atoms with van der Waals surface area (Å²) in [5, 5.41) is 34.1. The van der Waals surface area contributed by atoms with Gasteiger partial charge in [-0.05, 0) is 95.5 Å². The number of esters is 1. The molecule has 58 heavy (non-hydrogen) atoms. The van der Waals surface area contributed by atoms with Crippen molar-refractivity contribution in [1.29, 1.82) is 0 Å². The Balaban J connectivity index is 0.00000900. The van der Waals surface area contributed by atoms with Gasteiger partial charge in [0.1, 0.15) is 24.0 Å². The molecule has 1 amide bonds. The number of cyclic esters (lactones) is 1. The maximum atomic E-state index is 14.3. The van der Waals surface area contributed by atoms with E-state index < -0.39 is 83.9 Å². The molecule has 1 saturated carbocycles. The summed E-state index contributed by atoms with van der Waals surface area (Å²) < 4.78 is 29.7. The smallest absolute Gasteiger partial charge is 0.329 e. The number of ether oxygens (including phenoxy) is 5. The van der Waals surface area contributed by atoms with Gasteiger partial charge in [-0.25, -0.2) is 4.79 Å². The Hall–Kier alpha value is -2.49. The maximum absolute atomic E-state index is 14.3. The molecule has 13 nitrogen and oxygen atoms in total. The van der Waals surface area contributed by atoms with Gasteiger partial charge in [-0.3, -0.25) is 14.4 Å². The summed E-state index contributed by atoms with van der Waals surface area (Å²) in [5.41, 5.74) is 1.61. The maximum Gasteiger partial charge on any atom is 0.329 e. The summed E-state index contributed by atoms with van der Waals surface area (Å²) in [7, 11) is 4.61. The highest BCUT2D eigenvalue weighted by Gasteiger charge is 2.56. The highest BCUT2D eigenvalue weighted by molar-refractivity contribution is 6.39. The fraction of sp³-hybridized carbons (Fsp3) is 0.773. The lowest BCUT2D eigenvalue weighted by atomic mass is 9.81. The lowest BCUT2D eigenvalue weighted by molar-refractivity contribution is -0.302. The molecular formula is C44H70ClNO12. The number of ketones is 2. The largest absolute Gasteiger partial charge is 0.456 e. The van der Waals surface area contributed by atoms with E-state index in [4.69, 9.17) is 23.7 Å². The van der Waals surface area contributed by atoms with E-state index in [1.165, 1.54) is 19.1 Å². The highest BCUT2D eigenvalue weighted by atomic mass is 35.5. The Morgan fingerprint density at radius 3 is 2.22 bits per heavy atom. The van der Waals surface area contributed by atoms with Gasteiger partial charge in [-0.2, -0.15) is 0 Å². The van der Waals surface area contributed by atoms with Gasteiger partial charge in [0, 0.05) is 52.0 Å². The lowest BCUT2D eigenvalue weighted by Gasteiger charge is -2.47. The Labute approximate surface area is 351 Å². The average molecular weight is 840 g/mol. The third kappa shape index (κ3) is 11.9. The number of hydrogen-bond donors (Lipinski definition) is 3. The van der Waals surface area contributed by atoms with Crippen LogP contribution in [0.15, 0.2) is 36.0 Å². The number of nitrogens with zero attached hydrogens (tertiary/aromatic N) is 1. The van der Waals surface area contributed by atoms with Crippen LogP contribution in [0, 0.1) is 29.6 Å². The standard InChI is InChI=1S/C44H69NO12.ClH/c1-10-13-31-19-25(2)18-26(3)20-37(54-8)40-38(55-9)22-28(5)44(52,57-40)41(49)42(50)45-17-12-11-14-32(45)43(51)56-39(29(6)34(47)24-35(31)48)27(4)21-30-15-16-33(46)36(23-30)53-7;/h10,19,21,26,28-34,36-40,46-47,52H,1,11-18,20,22-24H2,2-9H3;1H/b25-19+,27-21+;/t26-,28+,29+,30?,31+,32-,33+,34-,36+,37-,38-,39+,40+,44+;/m0./s1. The summed E-state index contributed by atoms with van der Waals surface area (Å²) in [6.45, 7) is 13.1. The van der Waals surface area contributed by atoms with E-state index in [0.717, 1.165) is 5.57 Å². The molecule has 3 heterocycles. The number of piperidine rings is 1. The number of carbonyl (C=O) groups excluding carboxylic acids is 4. The molecule has 14 heteroatoms. The topological polar surface area (TPSA) is 178 Å². The van der Waals surface area contributed by atoms with Crippen molar-refractivity contribution >= 4 is 35.9 Å². The van der Waals surface area contributed by atoms with Gasteiger partial charge in [0.2, 0.25) is 5.79 Å². The monoisotopic (exact) mass is 839 g/mol. The molecule has 0 radical (unpaired) electrons. The van der Waals surface area contributed by atoms with E-state index in [2.05, 4.69) is 6.58 Å². The number of carbonyl (C=O) groups is 4. The number of amides is 1. The van der Waals surface area contributed by atoms with Crippen molar-refractivity contribution in [3.63, 3.8) is 0 Å². The molecular weight excluding hydrogens is 770 g/mol. The van der Waals surface area contributed by atoms with Gasteiger partial charge in [0.15, 0.2) is 0 Å². The fourth-order valence-electron chi connectivity index (χ4n) is 9.42. The molecule has 1 aliphatic carbocycles. The molecule has 0 aromatic rings. The second-order valence-electron chi connectivity index (χ2n) is 17.3. The van der Waals surface area contributed by atoms with E-state index >= 15 is 0 Å². The summed E-state index contributed by atoms with van der Waals surface area (Å²) >= 11 is 0. The van der Waals surface area contributed by atoms with Crippen LogP contribution in [0.5, 0.6) is 0 Å². The number of aliphatic hydroxyl groups excluding tert-OH is 2. The predicted octanol–water partition coefficient (Wildman–Crippen LogP) is 5.06. The van der Waals surface area contributed by atoms with Gasteiger partial charge >= 0.3 is 5.97 Å². The second kappa shape index (κ2) is 22.4. The number of rotatable bonds is 7. The molecule has 0 spiro atoms. The first-order valence-electron chi connectivity index (χ1n) is 20.9. The molecule has 14 atom stereocenters. The predicted molar refractivity (Wildman–Crippen MR) is 220 cm³/mol. The van der Waals surface area contributed by atoms with Crippen LogP contribution in [-0.2, 0) is 42.9 Å².